The zero-order valence-electron chi connectivity index (χ0n) is 15.7. The van der Waals surface area contributed by atoms with Crippen molar-refractivity contribution in [2.24, 2.45) is 0 Å². The molecule has 0 radical (unpaired) electrons. The molecule has 2 atom stereocenters. The number of thioether (sulfide) groups is 1. The zero-order chi connectivity index (χ0) is 19.0. The van der Waals surface area contributed by atoms with Crippen molar-refractivity contribution >= 4 is 29.3 Å². The van der Waals surface area contributed by atoms with E-state index in [1.807, 2.05) is 26.0 Å². The molecule has 4 nitrogen and oxygen atoms in total. The molecule has 2 N–H and O–H groups in total. The normalized spacial score (nSPS) is 19.5. The van der Waals surface area contributed by atoms with E-state index in [9.17, 15) is 9.59 Å². The van der Waals surface area contributed by atoms with Crippen LogP contribution in [0.3, 0.4) is 0 Å². The number of rotatable bonds is 3. The molecular weight excluding hydrogens is 356 g/mol. The molecule has 27 heavy (non-hydrogen) atoms. The molecule has 2 aromatic carbocycles. The van der Waals surface area contributed by atoms with Gasteiger partial charge in [0.2, 0.25) is 5.91 Å². The van der Waals surface area contributed by atoms with Gasteiger partial charge in [0.15, 0.2) is 0 Å². The number of fused-ring (bicyclic) bond motifs is 2. The third kappa shape index (κ3) is 3.74. The van der Waals surface area contributed by atoms with E-state index >= 15 is 0 Å². The number of hydrogen-bond donors (Lipinski definition) is 2. The van der Waals surface area contributed by atoms with Gasteiger partial charge in [-0.05, 0) is 74.4 Å². The van der Waals surface area contributed by atoms with Crippen molar-refractivity contribution in [3.05, 3.63) is 58.7 Å². The van der Waals surface area contributed by atoms with E-state index in [4.69, 9.17) is 0 Å². The van der Waals surface area contributed by atoms with Gasteiger partial charge in [-0.3, -0.25) is 9.59 Å². The molecule has 0 aromatic heterocycles. The second-order valence-electron chi connectivity index (χ2n) is 7.39. The summed E-state index contributed by atoms with van der Waals surface area (Å²) < 4.78 is 0. The van der Waals surface area contributed by atoms with Gasteiger partial charge in [0.05, 0.1) is 17.0 Å². The van der Waals surface area contributed by atoms with Crippen LogP contribution in [0.1, 0.15) is 59.8 Å². The molecule has 2 amide bonds. The smallest absolute Gasteiger partial charge is 0.251 e. The lowest BCUT2D eigenvalue weighted by Crippen LogP contribution is -2.29. The molecule has 1 heterocycles. The Hall–Kier alpha value is -2.27. The number of hydrogen-bond acceptors (Lipinski definition) is 3. The van der Waals surface area contributed by atoms with Gasteiger partial charge in [-0.2, -0.15) is 0 Å². The highest BCUT2D eigenvalue weighted by atomic mass is 32.2. The van der Waals surface area contributed by atoms with Gasteiger partial charge in [0.25, 0.3) is 5.91 Å². The lowest BCUT2D eigenvalue weighted by atomic mass is 9.89. The molecule has 0 saturated heterocycles. The van der Waals surface area contributed by atoms with Gasteiger partial charge >= 0.3 is 0 Å². The van der Waals surface area contributed by atoms with Crippen molar-refractivity contribution in [3.8, 4) is 0 Å². The average Bonchev–Trinajstić information content (AvgIpc) is 2.68. The predicted molar refractivity (Wildman–Crippen MR) is 109 cm³/mol. The Labute approximate surface area is 164 Å². The van der Waals surface area contributed by atoms with Crippen LogP contribution in [-0.2, 0) is 17.6 Å². The summed E-state index contributed by atoms with van der Waals surface area (Å²) >= 11 is 1.52. The maximum atomic E-state index is 12.7. The maximum absolute atomic E-state index is 12.7. The van der Waals surface area contributed by atoms with Crippen LogP contribution in [0.5, 0.6) is 0 Å². The molecule has 2 aliphatic rings. The van der Waals surface area contributed by atoms with E-state index in [-0.39, 0.29) is 23.1 Å². The molecule has 0 spiro atoms. The summed E-state index contributed by atoms with van der Waals surface area (Å²) in [6.45, 7) is 3.89. The predicted octanol–water partition coefficient (Wildman–Crippen LogP) is 4.49. The fraction of sp³-hybridized carbons (Fsp3) is 0.364. The quantitative estimate of drug-likeness (QED) is 0.825. The number of carbonyl (C=O) groups is 2. The molecule has 0 fully saturated rings. The first-order chi connectivity index (χ1) is 13.0. The minimum Gasteiger partial charge on any atom is -0.346 e. The van der Waals surface area contributed by atoms with Crippen LogP contribution in [0.4, 0.5) is 5.69 Å². The van der Waals surface area contributed by atoms with Gasteiger partial charge in [0.1, 0.15) is 0 Å². The average molecular weight is 381 g/mol. The standard InChI is InChI=1S/C22H24N2O2S/c1-13(16-8-7-15-5-3-4-6-17(15)11-16)23-22(26)18-9-10-20-19(12-18)24-21(25)14(2)27-20/h7-14H,3-6H2,1-2H3,(H,23,26)(H,24,25). The Bertz CT molecular complexity index is 909. The Kier molecular flexibility index (Phi) is 4.96. The van der Waals surface area contributed by atoms with Crippen LogP contribution in [0, 0.1) is 0 Å². The highest BCUT2D eigenvalue weighted by Crippen LogP contribution is 2.36. The van der Waals surface area contributed by atoms with Crippen molar-refractivity contribution in [3.63, 3.8) is 0 Å². The Balaban J connectivity index is 1.49. The zero-order valence-corrected chi connectivity index (χ0v) is 16.5. The molecular formula is C22H24N2O2S. The fourth-order valence-electron chi connectivity index (χ4n) is 3.74. The maximum Gasteiger partial charge on any atom is 0.251 e. The molecule has 5 heteroatoms. The van der Waals surface area contributed by atoms with E-state index in [1.54, 1.807) is 6.07 Å². The van der Waals surface area contributed by atoms with Crippen molar-refractivity contribution in [1.29, 1.82) is 0 Å². The summed E-state index contributed by atoms with van der Waals surface area (Å²) in [5.74, 6) is -0.145. The van der Waals surface area contributed by atoms with E-state index in [0.717, 1.165) is 29.0 Å². The van der Waals surface area contributed by atoms with Gasteiger partial charge in [-0.1, -0.05) is 18.2 Å². The van der Waals surface area contributed by atoms with E-state index in [1.165, 1.54) is 35.7 Å². The first-order valence-corrected chi connectivity index (χ1v) is 10.4. The van der Waals surface area contributed by atoms with Gasteiger partial charge in [0, 0.05) is 10.5 Å². The Morgan fingerprint density at radius 3 is 2.74 bits per heavy atom. The summed E-state index contributed by atoms with van der Waals surface area (Å²) in [5.41, 5.74) is 5.29. The number of nitrogens with one attached hydrogen (secondary N) is 2. The van der Waals surface area contributed by atoms with Crippen LogP contribution in [-0.4, -0.2) is 17.1 Å². The Morgan fingerprint density at radius 2 is 1.93 bits per heavy atom. The summed E-state index contributed by atoms with van der Waals surface area (Å²) in [4.78, 5) is 25.6. The van der Waals surface area contributed by atoms with Crippen molar-refractivity contribution in [2.45, 2.75) is 55.7 Å². The van der Waals surface area contributed by atoms with E-state index in [2.05, 4.69) is 28.8 Å². The van der Waals surface area contributed by atoms with Crippen LogP contribution in [0.2, 0.25) is 0 Å². The van der Waals surface area contributed by atoms with Gasteiger partial charge < -0.3 is 10.6 Å². The van der Waals surface area contributed by atoms with Crippen LogP contribution < -0.4 is 10.6 Å². The molecule has 2 unspecified atom stereocenters. The van der Waals surface area contributed by atoms with Gasteiger partial charge in [-0.15, -0.1) is 11.8 Å². The first kappa shape index (κ1) is 18.1. The number of benzene rings is 2. The second kappa shape index (κ2) is 7.39. The minimum atomic E-state index is -0.124. The summed E-state index contributed by atoms with van der Waals surface area (Å²) in [5, 5.41) is 5.86. The molecule has 2 aromatic rings. The van der Waals surface area contributed by atoms with E-state index < -0.39 is 0 Å². The fourth-order valence-corrected chi connectivity index (χ4v) is 4.67. The number of amides is 2. The molecule has 140 valence electrons. The molecule has 0 saturated carbocycles. The number of anilines is 1. The summed E-state index contributed by atoms with van der Waals surface area (Å²) in [7, 11) is 0. The summed E-state index contributed by atoms with van der Waals surface area (Å²) in [6.07, 6.45) is 4.80. The lowest BCUT2D eigenvalue weighted by molar-refractivity contribution is -0.115. The highest BCUT2D eigenvalue weighted by Gasteiger charge is 2.24. The largest absolute Gasteiger partial charge is 0.346 e. The molecule has 0 bridgehead atoms. The van der Waals surface area contributed by atoms with Crippen LogP contribution >= 0.6 is 11.8 Å². The van der Waals surface area contributed by atoms with Crippen molar-refractivity contribution in [2.75, 3.05) is 5.32 Å². The SMILES string of the molecule is CC1Sc2ccc(C(=O)NC(C)c3ccc4c(c3)CCCC4)cc2NC1=O. The van der Waals surface area contributed by atoms with Crippen LogP contribution in [0.15, 0.2) is 41.3 Å². The van der Waals surface area contributed by atoms with Crippen LogP contribution in [0.25, 0.3) is 0 Å². The minimum absolute atomic E-state index is 0.0208. The number of carbonyl (C=O) groups excluding carboxylic acids is 2. The van der Waals surface area contributed by atoms with Crippen molar-refractivity contribution in [1.82, 2.24) is 5.32 Å². The van der Waals surface area contributed by atoms with E-state index in [0.29, 0.717) is 5.56 Å². The highest BCUT2D eigenvalue weighted by molar-refractivity contribution is 8.00. The molecule has 1 aliphatic carbocycles. The second-order valence-corrected chi connectivity index (χ2v) is 8.77. The molecule has 1 aliphatic heterocycles. The lowest BCUT2D eigenvalue weighted by Gasteiger charge is -2.22. The third-order valence-electron chi connectivity index (χ3n) is 5.39. The first-order valence-electron chi connectivity index (χ1n) is 9.55. The van der Waals surface area contributed by atoms with Gasteiger partial charge in [-0.25, -0.2) is 0 Å². The Morgan fingerprint density at radius 1 is 1.15 bits per heavy atom. The molecule has 4 rings (SSSR count). The monoisotopic (exact) mass is 380 g/mol. The summed E-state index contributed by atoms with van der Waals surface area (Å²) in [6, 6.07) is 12.0. The third-order valence-corrected chi connectivity index (χ3v) is 6.57. The number of aryl methyl sites for hydroxylation is 2. The topological polar surface area (TPSA) is 58.2 Å². The van der Waals surface area contributed by atoms with Crippen molar-refractivity contribution < 1.29 is 9.59 Å².